The Kier molecular flexibility index (Phi) is 4.39. The van der Waals surface area contributed by atoms with E-state index in [-0.39, 0.29) is 5.91 Å². The number of hydrogen-bond acceptors (Lipinski definition) is 6. The molecule has 2 aromatic heterocycles. The van der Waals surface area contributed by atoms with E-state index in [0.717, 1.165) is 29.6 Å². The number of aromatic nitrogens is 3. The number of rotatable bonds is 3. The Morgan fingerprint density at radius 3 is 2.48 bits per heavy atom. The minimum absolute atomic E-state index is 0.0621. The molecule has 0 unspecified atom stereocenters. The maximum atomic E-state index is 12.8. The van der Waals surface area contributed by atoms with Gasteiger partial charge in [-0.25, -0.2) is 15.0 Å². The van der Waals surface area contributed by atoms with E-state index in [0.29, 0.717) is 18.7 Å². The Balaban J connectivity index is 1.45. The van der Waals surface area contributed by atoms with E-state index in [1.807, 2.05) is 34.5 Å². The van der Waals surface area contributed by atoms with Crippen LogP contribution in [-0.2, 0) is 0 Å². The minimum Gasteiger partial charge on any atom is -0.337 e. The molecular formula is C18H17N5OS. The van der Waals surface area contributed by atoms with Gasteiger partial charge in [-0.2, -0.15) is 0 Å². The zero-order chi connectivity index (χ0) is 17.1. The summed E-state index contributed by atoms with van der Waals surface area (Å²) in [5.74, 6) is 0.785. The molecule has 0 bridgehead atoms. The molecule has 0 N–H and O–H groups in total. The van der Waals surface area contributed by atoms with Gasteiger partial charge in [0.15, 0.2) is 0 Å². The average molecular weight is 351 g/mol. The van der Waals surface area contributed by atoms with Crippen LogP contribution in [0.5, 0.6) is 0 Å². The first-order valence-corrected chi connectivity index (χ1v) is 9.00. The highest BCUT2D eigenvalue weighted by molar-refractivity contribution is 7.13. The van der Waals surface area contributed by atoms with E-state index in [4.69, 9.17) is 0 Å². The van der Waals surface area contributed by atoms with Crippen molar-refractivity contribution < 1.29 is 4.79 Å². The Bertz CT molecular complexity index is 845. The van der Waals surface area contributed by atoms with Crippen molar-refractivity contribution >= 4 is 23.2 Å². The SMILES string of the molecule is O=C(c1cccc(-c2nccs2)c1)N1CCN(c2ncccn2)CC1. The maximum Gasteiger partial charge on any atom is 0.253 e. The molecule has 0 radical (unpaired) electrons. The third kappa shape index (κ3) is 3.36. The number of nitrogens with zero attached hydrogens (tertiary/aromatic N) is 5. The standard InChI is InChI=1S/C18H17N5OS/c24-17(15-4-1-3-14(13-15)16-19-7-12-25-16)22-8-10-23(11-9-22)18-20-5-2-6-21-18/h1-7,12-13H,8-11H2. The monoisotopic (exact) mass is 351 g/mol. The van der Waals surface area contributed by atoms with E-state index in [2.05, 4.69) is 19.9 Å². The average Bonchev–Trinajstić information content (AvgIpc) is 3.23. The van der Waals surface area contributed by atoms with Gasteiger partial charge in [-0.1, -0.05) is 12.1 Å². The third-order valence-electron chi connectivity index (χ3n) is 4.19. The van der Waals surface area contributed by atoms with Gasteiger partial charge in [0.1, 0.15) is 5.01 Å². The van der Waals surface area contributed by atoms with Gasteiger partial charge in [-0.15, -0.1) is 11.3 Å². The summed E-state index contributed by atoms with van der Waals surface area (Å²) in [6.07, 6.45) is 5.26. The van der Waals surface area contributed by atoms with Crippen LogP contribution in [0.2, 0.25) is 0 Å². The summed E-state index contributed by atoms with van der Waals surface area (Å²) in [5.41, 5.74) is 1.69. The molecule has 3 heterocycles. The number of piperazine rings is 1. The minimum atomic E-state index is 0.0621. The van der Waals surface area contributed by atoms with Crippen LogP contribution in [0.1, 0.15) is 10.4 Å². The van der Waals surface area contributed by atoms with Gasteiger partial charge >= 0.3 is 0 Å². The first-order chi connectivity index (χ1) is 12.3. The molecule has 1 amide bonds. The van der Waals surface area contributed by atoms with E-state index in [1.165, 1.54) is 0 Å². The molecule has 0 saturated carbocycles. The highest BCUT2D eigenvalue weighted by atomic mass is 32.1. The van der Waals surface area contributed by atoms with Crippen molar-refractivity contribution in [3.63, 3.8) is 0 Å². The number of benzene rings is 1. The van der Waals surface area contributed by atoms with Crippen molar-refractivity contribution in [3.05, 3.63) is 59.9 Å². The second-order valence-corrected chi connectivity index (χ2v) is 6.64. The molecule has 1 aliphatic heterocycles. The van der Waals surface area contributed by atoms with Crippen LogP contribution >= 0.6 is 11.3 Å². The fraction of sp³-hybridized carbons (Fsp3) is 0.222. The molecule has 1 fully saturated rings. The van der Waals surface area contributed by atoms with E-state index in [1.54, 1.807) is 36.0 Å². The lowest BCUT2D eigenvalue weighted by Gasteiger charge is -2.34. The Morgan fingerprint density at radius 1 is 0.960 bits per heavy atom. The molecule has 3 aromatic rings. The summed E-state index contributed by atoms with van der Waals surface area (Å²) < 4.78 is 0. The summed E-state index contributed by atoms with van der Waals surface area (Å²) in [7, 11) is 0. The zero-order valence-electron chi connectivity index (χ0n) is 13.6. The lowest BCUT2D eigenvalue weighted by molar-refractivity contribution is 0.0746. The van der Waals surface area contributed by atoms with Crippen molar-refractivity contribution in [2.45, 2.75) is 0 Å². The van der Waals surface area contributed by atoms with Gasteiger partial charge in [0.05, 0.1) is 0 Å². The van der Waals surface area contributed by atoms with Gasteiger partial charge < -0.3 is 9.80 Å². The van der Waals surface area contributed by atoms with Crippen LogP contribution in [0.25, 0.3) is 10.6 Å². The molecule has 4 rings (SSSR count). The van der Waals surface area contributed by atoms with Gasteiger partial charge in [0.25, 0.3) is 5.91 Å². The maximum absolute atomic E-state index is 12.8. The summed E-state index contributed by atoms with van der Waals surface area (Å²) in [6.45, 7) is 2.81. The number of amides is 1. The number of carbonyl (C=O) groups excluding carboxylic acids is 1. The quantitative estimate of drug-likeness (QED) is 0.726. The van der Waals surface area contributed by atoms with Crippen molar-refractivity contribution in [1.29, 1.82) is 0 Å². The van der Waals surface area contributed by atoms with Crippen LogP contribution < -0.4 is 4.90 Å². The second kappa shape index (κ2) is 6.98. The Labute approximate surface area is 149 Å². The largest absolute Gasteiger partial charge is 0.337 e. The zero-order valence-corrected chi connectivity index (χ0v) is 14.4. The number of carbonyl (C=O) groups is 1. The second-order valence-electron chi connectivity index (χ2n) is 5.75. The number of anilines is 1. The molecule has 0 aliphatic carbocycles. The van der Waals surface area contributed by atoms with E-state index in [9.17, 15) is 4.79 Å². The molecule has 6 nitrogen and oxygen atoms in total. The predicted octanol–water partition coefficient (Wildman–Crippen LogP) is 2.56. The van der Waals surface area contributed by atoms with Crippen LogP contribution in [0, 0.1) is 0 Å². The van der Waals surface area contributed by atoms with Gasteiger partial charge in [-0.05, 0) is 18.2 Å². The Morgan fingerprint density at radius 2 is 1.76 bits per heavy atom. The molecular weight excluding hydrogens is 334 g/mol. The topological polar surface area (TPSA) is 62.2 Å². The van der Waals surface area contributed by atoms with Crippen molar-refractivity contribution in [2.24, 2.45) is 0 Å². The van der Waals surface area contributed by atoms with Crippen LogP contribution in [0.15, 0.2) is 54.3 Å². The number of hydrogen-bond donors (Lipinski definition) is 0. The summed E-state index contributed by atoms with van der Waals surface area (Å²) in [4.78, 5) is 29.7. The fourth-order valence-electron chi connectivity index (χ4n) is 2.90. The molecule has 0 spiro atoms. The Hall–Kier alpha value is -2.80. The summed E-state index contributed by atoms with van der Waals surface area (Å²) in [6, 6.07) is 9.50. The molecule has 1 aliphatic rings. The van der Waals surface area contributed by atoms with E-state index >= 15 is 0 Å². The molecule has 0 atom stereocenters. The molecule has 7 heteroatoms. The highest BCUT2D eigenvalue weighted by Crippen LogP contribution is 2.23. The van der Waals surface area contributed by atoms with Crippen LogP contribution in [0.3, 0.4) is 0 Å². The first-order valence-electron chi connectivity index (χ1n) is 8.12. The molecule has 1 aromatic carbocycles. The predicted molar refractivity (Wildman–Crippen MR) is 97.7 cm³/mol. The van der Waals surface area contributed by atoms with Crippen LogP contribution in [-0.4, -0.2) is 51.9 Å². The molecule has 1 saturated heterocycles. The van der Waals surface area contributed by atoms with Crippen molar-refractivity contribution in [2.75, 3.05) is 31.1 Å². The smallest absolute Gasteiger partial charge is 0.253 e. The molecule has 25 heavy (non-hydrogen) atoms. The van der Waals surface area contributed by atoms with Gasteiger partial charge in [-0.3, -0.25) is 4.79 Å². The van der Waals surface area contributed by atoms with Crippen LogP contribution in [0.4, 0.5) is 5.95 Å². The summed E-state index contributed by atoms with van der Waals surface area (Å²) in [5, 5.41) is 2.87. The van der Waals surface area contributed by atoms with Crippen molar-refractivity contribution in [3.8, 4) is 10.6 Å². The fourth-order valence-corrected chi connectivity index (χ4v) is 3.53. The molecule has 126 valence electrons. The lowest BCUT2D eigenvalue weighted by atomic mass is 10.1. The lowest BCUT2D eigenvalue weighted by Crippen LogP contribution is -2.49. The van der Waals surface area contributed by atoms with Gasteiger partial charge in [0, 0.05) is 61.3 Å². The normalized spacial score (nSPS) is 14.6. The van der Waals surface area contributed by atoms with Crippen molar-refractivity contribution in [1.82, 2.24) is 19.9 Å². The first kappa shape index (κ1) is 15.7. The highest BCUT2D eigenvalue weighted by Gasteiger charge is 2.23. The van der Waals surface area contributed by atoms with E-state index < -0.39 is 0 Å². The number of thiazole rings is 1. The third-order valence-corrected chi connectivity index (χ3v) is 5.01. The summed E-state index contributed by atoms with van der Waals surface area (Å²) >= 11 is 1.57. The van der Waals surface area contributed by atoms with Gasteiger partial charge in [0.2, 0.25) is 5.95 Å².